The van der Waals surface area contributed by atoms with Crippen LogP contribution in [0.5, 0.6) is 0 Å². The summed E-state index contributed by atoms with van der Waals surface area (Å²) in [4.78, 5) is 29.0. The molecular formula is C19H25ClN2O3. The molecule has 0 bridgehead atoms. The second-order valence-corrected chi connectivity index (χ2v) is 8.35. The number of anilines is 1. The molecule has 1 spiro atoms. The number of rotatable bonds is 1. The lowest BCUT2D eigenvalue weighted by atomic mass is 9.78. The molecule has 0 N–H and O–H groups in total. The van der Waals surface area contributed by atoms with Crippen LogP contribution in [-0.4, -0.2) is 42.1 Å². The lowest BCUT2D eigenvalue weighted by Crippen LogP contribution is -2.51. The Morgan fingerprint density at radius 3 is 2.60 bits per heavy atom. The Hall–Kier alpha value is -1.75. The van der Waals surface area contributed by atoms with Crippen molar-refractivity contribution in [1.29, 1.82) is 0 Å². The Labute approximate surface area is 153 Å². The smallest absolute Gasteiger partial charge is 0.410 e. The Balaban J connectivity index is 1.77. The molecule has 2 fully saturated rings. The third kappa shape index (κ3) is 3.61. The molecule has 5 nitrogen and oxygen atoms in total. The molecule has 1 unspecified atom stereocenters. The van der Waals surface area contributed by atoms with Crippen molar-refractivity contribution in [3.05, 3.63) is 29.3 Å². The van der Waals surface area contributed by atoms with Gasteiger partial charge in [-0.15, -0.1) is 0 Å². The van der Waals surface area contributed by atoms with Crippen molar-refractivity contribution in [2.24, 2.45) is 5.41 Å². The van der Waals surface area contributed by atoms with Crippen molar-refractivity contribution in [3.8, 4) is 0 Å². The van der Waals surface area contributed by atoms with Crippen molar-refractivity contribution >= 4 is 29.3 Å². The van der Waals surface area contributed by atoms with Gasteiger partial charge in [0.15, 0.2) is 0 Å². The SMILES string of the molecule is CC(C)(C)OC(=O)N1CCCC2(CCN(c3ccccc3Cl)C2=O)C1. The molecule has 3 rings (SSSR count). The lowest BCUT2D eigenvalue weighted by molar-refractivity contribution is -0.128. The van der Waals surface area contributed by atoms with E-state index in [4.69, 9.17) is 16.3 Å². The molecule has 2 aliphatic rings. The van der Waals surface area contributed by atoms with Gasteiger partial charge in [-0.05, 0) is 52.2 Å². The van der Waals surface area contributed by atoms with Crippen LogP contribution in [0.15, 0.2) is 24.3 Å². The number of hydrogen-bond donors (Lipinski definition) is 0. The molecule has 2 heterocycles. The maximum atomic E-state index is 13.2. The van der Waals surface area contributed by atoms with Gasteiger partial charge in [0.2, 0.25) is 5.91 Å². The van der Waals surface area contributed by atoms with E-state index in [1.165, 1.54) is 0 Å². The van der Waals surface area contributed by atoms with Crippen LogP contribution in [0.3, 0.4) is 0 Å². The number of nitrogens with zero attached hydrogens (tertiary/aromatic N) is 2. The minimum Gasteiger partial charge on any atom is -0.444 e. The fraction of sp³-hybridized carbons (Fsp3) is 0.579. The summed E-state index contributed by atoms with van der Waals surface area (Å²) in [6.07, 6.45) is 2.00. The number of amides is 2. The van der Waals surface area contributed by atoms with E-state index in [2.05, 4.69) is 0 Å². The fourth-order valence-corrected chi connectivity index (χ4v) is 3.95. The van der Waals surface area contributed by atoms with Gasteiger partial charge in [-0.1, -0.05) is 23.7 Å². The van der Waals surface area contributed by atoms with Gasteiger partial charge in [-0.3, -0.25) is 4.79 Å². The average molecular weight is 365 g/mol. The van der Waals surface area contributed by atoms with Crippen molar-refractivity contribution in [3.63, 3.8) is 0 Å². The Morgan fingerprint density at radius 2 is 1.92 bits per heavy atom. The summed E-state index contributed by atoms with van der Waals surface area (Å²) in [5, 5.41) is 0.577. The number of hydrogen-bond acceptors (Lipinski definition) is 3. The standard InChI is InChI=1S/C19H25ClN2O3/c1-18(2,3)25-17(24)21-11-6-9-19(13-21)10-12-22(16(19)23)15-8-5-4-7-14(15)20/h4-5,7-8H,6,9-13H2,1-3H3. The fourth-order valence-electron chi connectivity index (χ4n) is 3.71. The van der Waals surface area contributed by atoms with Crippen molar-refractivity contribution in [1.82, 2.24) is 4.90 Å². The van der Waals surface area contributed by atoms with Crippen LogP contribution in [0.1, 0.15) is 40.0 Å². The van der Waals surface area contributed by atoms with Crippen LogP contribution in [-0.2, 0) is 9.53 Å². The van der Waals surface area contributed by atoms with Crippen LogP contribution in [0.4, 0.5) is 10.5 Å². The van der Waals surface area contributed by atoms with Gasteiger partial charge in [0.25, 0.3) is 0 Å². The molecular weight excluding hydrogens is 340 g/mol. The van der Waals surface area contributed by atoms with Crippen LogP contribution < -0.4 is 4.90 Å². The summed E-state index contributed by atoms with van der Waals surface area (Å²) in [5.41, 5.74) is -0.306. The summed E-state index contributed by atoms with van der Waals surface area (Å²) in [6.45, 7) is 7.24. The quantitative estimate of drug-likeness (QED) is 0.754. The highest BCUT2D eigenvalue weighted by Crippen LogP contribution is 2.43. The van der Waals surface area contributed by atoms with E-state index in [9.17, 15) is 9.59 Å². The summed E-state index contributed by atoms with van der Waals surface area (Å²) in [5.74, 6) is 0.0638. The predicted molar refractivity (Wildman–Crippen MR) is 97.9 cm³/mol. The Bertz CT molecular complexity index is 685. The van der Waals surface area contributed by atoms with E-state index in [1.807, 2.05) is 39.0 Å². The minimum absolute atomic E-state index is 0.0638. The number of benzene rings is 1. The molecule has 0 aliphatic carbocycles. The molecule has 25 heavy (non-hydrogen) atoms. The molecule has 136 valence electrons. The topological polar surface area (TPSA) is 49.9 Å². The Kier molecular flexibility index (Phi) is 4.71. The number of ether oxygens (including phenoxy) is 1. The first-order valence-corrected chi connectivity index (χ1v) is 9.14. The molecule has 0 aromatic heterocycles. The monoisotopic (exact) mass is 364 g/mol. The Morgan fingerprint density at radius 1 is 1.20 bits per heavy atom. The number of piperidine rings is 1. The molecule has 1 atom stereocenters. The molecule has 0 saturated carbocycles. The van der Waals surface area contributed by atoms with Gasteiger partial charge in [-0.25, -0.2) is 4.79 Å². The van der Waals surface area contributed by atoms with Gasteiger partial charge < -0.3 is 14.5 Å². The predicted octanol–water partition coefficient (Wildman–Crippen LogP) is 4.09. The van der Waals surface area contributed by atoms with Crippen molar-refractivity contribution in [2.75, 3.05) is 24.5 Å². The van der Waals surface area contributed by atoms with E-state index >= 15 is 0 Å². The first-order valence-electron chi connectivity index (χ1n) is 8.76. The van der Waals surface area contributed by atoms with Crippen LogP contribution in [0, 0.1) is 5.41 Å². The molecule has 2 saturated heterocycles. The minimum atomic E-state index is -0.537. The second kappa shape index (κ2) is 6.52. The molecule has 1 aromatic carbocycles. The van der Waals surface area contributed by atoms with Gasteiger partial charge in [0, 0.05) is 19.6 Å². The summed E-state index contributed by atoms with van der Waals surface area (Å²) < 4.78 is 5.49. The number of para-hydroxylation sites is 1. The zero-order valence-corrected chi connectivity index (χ0v) is 15.8. The highest BCUT2D eigenvalue weighted by atomic mass is 35.5. The molecule has 2 amide bonds. The maximum Gasteiger partial charge on any atom is 0.410 e. The second-order valence-electron chi connectivity index (χ2n) is 7.94. The first kappa shape index (κ1) is 18.1. The number of carbonyl (C=O) groups is 2. The maximum absolute atomic E-state index is 13.2. The van der Waals surface area contributed by atoms with Crippen molar-refractivity contribution in [2.45, 2.75) is 45.6 Å². The van der Waals surface area contributed by atoms with Gasteiger partial charge >= 0.3 is 6.09 Å². The summed E-state index contributed by atoms with van der Waals surface area (Å²) in [7, 11) is 0. The number of halogens is 1. The molecule has 0 radical (unpaired) electrons. The summed E-state index contributed by atoms with van der Waals surface area (Å²) >= 11 is 6.27. The van der Waals surface area contributed by atoms with E-state index in [-0.39, 0.29) is 12.0 Å². The van der Waals surface area contributed by atoms with Crippen LogP contribution >= 0.6 is 11.6 Å². The zero-order valence-electron chi connectivity index (χ0n) is 15.0. The van der Waals surface area contributed by atoms with E-state index < -0.39 is 11.0 Å². The molecule has 6 heteroatoms. The third-order valence-electron chi connectivity index (χ3n) is 4.88. The summed E-state index contributed by atoms with van der Waals surface area (Å²) in [6, 6.07) is 7.40. The van der Waals surface area contributed by atoms with E-state index in [1.54, 1.807) is 15.9 Å². The van der Waals surface area contributed by atoms with E-state index in [0.717, 1.165) is 24.9 Å². The normalized spacial score (nSPS) is 24.1. The highest BCUT2D eigenvalue weighted by molar-refractivity contribution is 6.34. The van der Waals surface area contributed by atoms with Gasteiger partial charge in [0.05, 0.1) is 16.1 Å². The average Bonchev–Trinajstić information content (AvgIpc) is 2.83. The lowest BCUT2D eigenvalue weighted by Gasteiger charge is -2.39. The van der Waals surface area contributed by atoms with E-state index in [0.29, 0.717) is 24.7 Å². The largest absolute Gasteiger partial charge is 0.444 e. The molecule has 1 aromatic rings. The zero-order chi connectivity index (χ0) is 18.2. The number of likely N-dealkylation sites (tertiary alicyclic amines) is 1. The first-order chi connectivity index (χ1) is 11.7. The number of carbonyl (C=O) groups excluding carboxylic acids is 2. The van der Waals surface area contributed by atoms with Gasteiger partial charge in [-0.2, -0.15) is 0 Å². The third-order valence-corrected chi connectivity index (χ3v) is 5.20. The van der Waals surface area contributed by atoms with Gasteiger partial charge in [0.1, 0.15) is 5.60 Å². The highest BCUT2D eigenvalue weighted by Gasteiger charge is 2.50. The molecule has 2 aliphatic heterocycles. The van der Waals surface area contributed by atoms with Crippen LogP contribution in [0.25, 0.3) is 0 Å². The van der Waals surface area contributed by atoms with Crippen molar-refractivity contribution < 1.29 is 14.3 Å². The van der Waals surface area contributed by atoms with Crippen LogP contribution in [0.2, 0.25) is 5.02 Å².